The van der Waals surface area contributed by atoms with Crippen molar-refractivity contribution in [3.8, 4) is 11.5 Å². The summed E-state index contributed by atoms with van der Waals surface area (Å²) in [5, 5.41) is 4.70. The summed E-state index contributed by atoms with van der Waals surface area (Å²) in [6.07, 6.45) is 8.63. The molecule has 0 bridgehead atoms. The maximum atomic E-state index is 6.26. The van der Waals surface area contributed by atoms with Crippen molar-refractivity contribution in [3.63, 3.8) is 0 Å². The predicted octanol–water partition coefficient (Wildman–Crippen LogP) is 10.7. The van der Waals surface area contributed by atoms with Crippen molar-refractivity contribution in [2.45, 2.75) is 13.8 Å². The van der Waals surface area contributed by atoms with Gasteiger partial charge in [0.05, 0.1) is 0 Å². The first-order valence-corrected chi connectivity index (χ1v) is 13.3. The minimum Gasteiger partial charge on any atom is -0.457 e. The molecule has 0 fully saturated rings. The highest BCUT2D eigenvalue weighted by atomic mass is 16.5. The van der Waals surface area contributed by atoms with E-state index in [1.807, 2.05) is 12.1 Å². The van der Waals surface area contributed by atoms with E-state index in [4.69, 9.17) is 4.74 Å². The lowest BCUT2D eigenvalue weighted by Crippen LogP contribution is -1.86. The van der Waals surface area contributed by atoms with E-state index in [2.05, 4.69) is 147 Å². The summed E-state index contributed by atoms with van der Waals surface area (Å²) < 4.78 is 6.26. The van der Waals surface area contributed by atoms with E-state index < -0.39 is 0 Å². The van der Waals surface area contributed by atoms with Gasteiger partial charge in [-0.3, -0.25) is 0 Å². The zero-order chi connectivity index (χ0) is 26.6. The Morgan fingerprint density at radius 2 is 0.692 bits per heavy atom. The summed E-state index contributed by atoms with van der Waals surface area (Å²) in [7, 11) is 0. The third-order valence-electron chi connectivity index (χ3n) is 7.00. The molecule has 0 spiro atoms. The first-order chi connectivity index (χ1) is 19.1. The van der Waals surface area contributed by atoms with Crippen molar-refractivity contribution in [2.75, 3.05) is 0 Å². The maximum Gasteiger partial charge on any atom is 0.128 e. The molecule has 0 radical (unpaired) electrons. The van der Waals surface area contributed by atoms with Gasteiger partial charge in [-0.25, -0.2) is 0 Å². The molecule has 6 rings (SSSR count). The van der Waals surface area contributed by atoms with Gasteiger partial charge < -0.3 is 4.74 Å². The first kappa shape index (κ1) is 24.5. The largest absolute Gasteiger partial charge is 0.457 e. The molecule has 0 amide bonds. The van der Waals surface area contributed by atoms with Crippen LogP contribution in [0.4, 0.5) is 0 Å². The fourth-order valence-corrected chi connectivity index (χ4v) is 4.70. The van der Waals surface area contributed by atoms with Crippen molar-refractivity contribution in [3.05, 3.63) is 155 Å². The Kier molecular flexibility index (Phi) is 6.80. The van der Waals surface area contributed by atoms with Crippen LogP contribution in [0.25, 0.3) is 45.8 Å². The summed E-state index contributed by atoms with van der Waals surface area (Å²) in [5.41, 5.74) is 7.31. The molecule has 0 aliphatic carbocycles. The molecule has 6 aromatic carbocycles. The highest BCUT2D eigenvalue weighted by Gasteiger charge is 2.03. The third-order valence-corrected chi connectivity index (χ3v) is 7.00. The highest BCUT2D eigenvalue weighted by molar-refractivity contribution is 5.88. The number of hydrogen-bond acceptors (Lipinski definition) is 1. The van der Waals surface area contributed by atoms with Crippen molar-refractivity contribution < 1.29 is 4.74 Å². The SMILES string of the molecule is Cc1ccc(/C=C/c2ccc3cc(Oc4ccc5cc(/C=C/c6ccc(C)cc6)ccc5c4)ccc3c2)cc1. The van der Waals surface area contributed by atoms with Gasteiger partial charge in [-0.2, -0.15) is 0 Å². The van der Waals surface area contributed by atoms with Crippen molar-refractivity contribution in [2.24, 2.45) is 0 Å². The zero-order valence-corrected chi connectivity index (χ0v) is 22.3. The summed E-state index contributed by atoms with van der Waals surface area (Å²) in [5.74, 6) is 1.67. The smallest absolute Gasteiger partial charge is 0.128 e. The standard InChI is InChI=1S/C38H30O/c1-27-3-7-29(8-4-27)11-13-31-15-17-35-25-37(21-19-33(35)23-31)39-38-22-20-34-24-32(16-18-36(34)26-38)14-12-30-9-5-28(2)6-10-30/h3-26H,1-2H3/b13-11+,14-12+. The van der Waals surface area contributed by atoms with Crippen LogP contribution in [0.3, 0.4) is 0 Å². The summed E-state index contributed by atoms with van der Waals surface area (Å²) >= 11 is 0. The van der Waals surface area contributed by atoms with Crippen LogP contribution < -0.4 is 4.74 Å². The van der Waals surface area contributed by atoms with Gasteiger partial charge >= 0.3 is 0 Å². The summed E-state index contributed by atoms with van der Waals surface area (Å²) in [6, 6.07) is 42.7. The molecule has 0 aromatic heterocycles. The Morgan fingerprint density at radius 3 is 1.13 bits per heavy atom. The molecule has 1 nitrogen and oxygen atoms in total. The highest BCUT2D eigenvalue weighted by Crippen LogP contribution is 2.29. The second kappa shape index (κ2) is 10.8. The van der Waals surface area contributed by atoms with E-state index in [0.29, 0.717) is 0 Å². The van der Waals surface area contributed by atoms with Crippen molar-refractivity contribution in [1.82, 2.24) is 0 Å². The molecule has 0 aliphatic rings. The van der Waals surface area contributed by atoms with Crippen LogP contribution in [0.5, 0.6) is 11.5 Å². The van der Waals surface area contributed by atoms with Crippen LogP contribution in [-0.2, 0) is 0 Å². The molecule has 0 aliphatic heterocycles. The van der Waals surface area contributed by atoms with E-state index in [1.54, 1.807) is 0 Å². The second-order valence-electron chi connectivity index (χ2n) is 10.1. The monoisotopic (exact) mass is 502 g/mol. The average Bonchev–Trinajstić information content (AvgIpc) is 2.96. The second-order valence-corrected chi connectivity index (χ2v) is 10.1. The molecule has 0 heterocycles. The van der Waals surface area contributed by atoms with E-state index in [0.717, 1.165) is 22.3 Å². The quantitative estimate of drug-likeness (QED) is 0.206. The zero-order valence-electron chi connectivity index (χ0n) is 22.3. The Morgan fingerprint density at radius 1 is 0.359 bits per heavy atom. The van der Waals surface area contributed by atoms with E-state index in [-0.39, 0.29) is 0 Å². The lowest BCUT2D eigenvalue weighted by molar-refractivity contribution is 0.484. The van der Waals surface area contributed by atoms with Crippen LogP contribution >= 0.6 is 0 Å². The number of ether oxygens (including phenoxy) is 1. The fourth-order valence-electron chi connectivity index (χ4n) is 4.70. The molecule has 39 heavy (non-hydrogen) atoms. The van der Waals surface area contributed by atoms with Crippen LogP contribution in [0.2, 0.25) is 0 Å². The van der Waals surface area contributed by atoms with Gasteiger partial charge in [-0.1, -0.05) is 120 Å². The van der Waals surface area contributed by atoms with Gasteiger partial charge in [-0.05, 0) is 94.0 Å². The van der Waals surface area contributed by atoms with E-state index in [1.165, 1.54) is 44.2 Å². The van der Waals surface area contributed by atoms with Gasteiger partial charge in [0.2, 0.25) is 0 Å². The van der Waals surface area contributed by atoms with E-state index in [9.17, 15) is 0 Å². The minimum absolute atomic E-state index is 0.836. The van der Waals surface area contributed by atoms with Crippen LogP contribution in [-0.4, -0.2) is 0 Å². The first-order valence-electron chi connectivity index (χ1n) is 13.3. The lowest BCUT2D eigenvalue weighted by atomic mass is 10.0. The Hall–Kier alpha value is -4.88. The number of benzene rings is 6. The van der Waals surface area contributed by atoms with Gasteiger partial charge in [0, 0.05) is 0 Å². The number of fused-ring (bicyclic) bond motifs is 2. The lowest BCUT2D eigenvalue weighted by Gasteiger charge is -2.09. The fraction of sp³-hybridized carbons (Fsp3) is 0.0526. The van der Waals surface area contributed by atoms with Gasteiger partial charge in [-0.15, -0.1) is 0 Å². The Labute approximate surface area is 230 Å². The molecule has 0 saturated heterocycles. The maximum absolute atomic E-state index is 6.26. The number of aryl methyl sites for hydroxylation is 2. The molecular formula is C38H30O. The number of rotatable bonds is 6. The summed E-state index contributed by atoms with van der Waals surface area (Å²) in [4.78, 5) is 0. The molecule has 188 valence electrons. The molecule has 6 aromatic rings. The summed E-state index contributed by atoms with van der Waals surface area (Å²) in [6.45, 7) is 4.22. The molecule has 0 saturated carbocycles. The minimum atomic E-state index is 0.836. The van der Waals surface area contributed by atoms with Crippen LogP contribution in [0, 0.1) is 13.8 Å². The Bertz CT molecular complexity index is 1680. The van der Waals surface area contributed by atoms with Crippen LogP contribution in [0.1, 0.15) is 33.4 Å². The molecule has 0 atom stereocenters. The van der Waals surface area contributed by atoms with Gasteiger partial charge in [0.15, 0.2) is 0 Å². The van der Waals surface area contributed by atoms with Gasteiger partial charge in [0.25, 0.3) is 0 Å². The molecule has 0 unspecified atom stereocenters. The molecule has 0 N–H and O–H groups in total. The topological polar surface area (TPSA) is 9.23 Å². The van der Waals surface area contributed by atoms with E-state index >= 15 is 0 Å². The third kappa shape index (κ3) is 6.00. The molecule has 1 heteroatoms. The normalized spacial score (nSPS) is 11.6. The van der Waals surface area contributed by atoms with Crippen molar-refractivity contribution >= 4 is 45.8 Å². The molecular weight excluding hydrogens is 472 g/mol. The van der Waals surface area contributed by atoms with Crippen molar-refractivity contribution in [1.29, 1.82) is 0 Å². The Balaban J connectivity index is 1.16. The van der Waals surface area contributed by atoms with Crippen LogP contribution in [0.15, 0.2) is 121 Å². The number of hydrogen-bond donors (Lipinski definition) is 0. The average molecular weight is 503 g/mol. The van der Waals surface area contributed by atoms with Gasteiger partial charge in [0.1, 0.15) is 11.5 Å². The predicted molar refractivity (Wildman–Crippen MR) is 168 cm³/mol.